The maximum atomic E-state index is 12.2. The fraction of sp³-hybridized carbons (Fsp3) is 0.667. The standard InChI is InChI=1S/C15H25N3O3Si/c1-15(2,3)22(6,7)21-9-10-8-11-12(16-10)17(4)14(20)18(5)13(11)19/h8-9H2,1-7H3. The lowest BCUT2D eigenvalue weighted by Crippen LogP contribution is -2.42. The highest BCUT2D eigenvalue weighted by atomic mass is 28.4. The van der Waals surface area contributed by atoms with Crippen LogP contribution in [0.3, 0.4) is 0 Å². The molecule has 0 fully saturated rings. The largest absolute Gasteiger partial charge is 0.411 e. The van der Waals surface area contributed by atoms with Crippen molar-refractivity contribution >= 4 is 19.8 Å². The molecule has 0 aliphatic carbocycles. The third-order valence-electron chi connectivity index (χ3n) is 4.77. The molecule has 1 aromatic heterocycles. The Labute approximate surface area is 131 Å². The minimum atomic E-state index is -1.86. The van der Waals surface area contributed by atoms with Gasteiger partial charge >= 0.3 is 5.69 Å². The van der Waals surface area contributed by atoms with Crippen LogP contribution in [0.15, 0.2) is 14.6 Å². The van der Waals surface area contributed by atoms with Gasteiger partial charge < -0.3 is 4.43 Å². The highest BCUT2D eigenvalue weighted by Gasteiger charge is 2.37. The Morgan fingerprint density at radius 1 is 1.18 bits per heavy atom. The van der Waals surface area contributed by atoms with Gasteiger partial charge in [0, 0.05) is 26.2 Å². The molecule has 1 aromatic rings. The van der Waals surface area contributed by atoms with Gasteiger partial charge in [0.25, 0.3) is 5.56 Å². The first-order valence-electron chi connectivity index (χ1n) is 7.45. The van der Waals surface area contributed by atoms with E-state index in [-0.39, 0.29) is 16.3 Å². The summed E-state index contributed by atoms with van der Waals surface area (Å²) in [5, 5.41) is 0.127. The summed E-state index contributed by atoms with van der Waals surface area (Å²) >= 11 is 0. The van der Waals surface area contributed by atoms with Crippen LogP contribution in [0.4, 0.5) is 5.82 Å². The predicted octanol–water partition coefficient (Wildman–Crippen LogP) is 1.73. The molecule has 0 spiro atoms. The summed E-state index contributed by atoms with van der Waals surface area (Å²) in [6.07, 6.45) is 0.463. The van der Waals surface area contributed by atoms with E-state index in [0.29, 0.717) is 24.4 Å². The Balaban J connectivity index is 2.26. The van der Waals surface area contributed by atoms with Crippen LogP contribution in [0.1, 0.15) is 26.3 Å². The van der Waals surface area contributed by atoms with E-state index in [1.807, 2.05) is 0 Å². The summed E-state index contributed by atoms with van der Waals surface area (Å²) in [7, 11) is 1.28. The van der Waals surface area contributed by atoms with E-state index in [9.17, 15) is 9.59 Å². The van der Waals surface area contributed by atoms with Crippen molar-refractivity contribution in [3.63, 3.8) is 0 Å². The van der Waals surface area contributed by atoms with Gasteiger partial charge in [0.2, 0.25) is 0 Å². The van der Waals surface area contributed by atoms with E-state index < -0.39 is 8.32 Å². The quantitative estimate of drug-likeness (QED) is 0.796. The van der Waals surface area contributed by atoms with Crippen molar-refractivity contribution in [3.05, 3.63) is 26.4 Å². The molecular weight excluding hydrogens is 298 g/mol. The lowest BCUT2D eigenvalue weighted by molar-refractivity contribution is 0.339. The van der Waals surface area contributed by atoms with Crippen LogP contribution in [0, 0.1) is 0 Å². The lowest BCUT2D eigenvalue weighted by Gasteiger charge is -2.36. The molecule has 0 amide bonds. The van der Waals surface area contributed by atoms with Crippen LogP contribution in [0.5, 0.6) is 0 Å². The Morgan fingerprint density at radius 3 is 2.32 bits per heavy atom. The van der Waals surface area contributed by atoms with Crippen LogP contribution in [0.25, 0.3) is 0 Å². The summed E-state index contributed by atoms with van der Waals surface area (Å²) in [6.45, 7) is 11.3. The van der Waals surface area contributed by atoms with Crippen molar-refractivity contribution in [1.29, 1.82) is 0 Å². The van der Waals surface area contributed by atoms with Gasteiger partial charge in [0.05, 0.1) is 12.2 Å². The second-order valence-corrected chi connectivity index (χ2v) is 12.2. The molecule has 1 aliphatic rings. The Bertz CT molecular complexity index is 751. The van der Waals surface area contributed by atoms with Gasteiger partial charge in [-0.3, -0.25) is 13.9 Å². The third-order valence-corrected chi connectivity index (χ3v) is 9.25. The first-order valence-corrected chi connectivity index (χ1v) is 10.4. The maximum absolute atomic E-state index is 12.2. The SMILES string of the molecule is Cn1c2c(c(=O)n(C)c1=O)CC(CO[Si](C)(C)C(C)(C)C)=N2. The number of rotatable bonds is 3. The number of hydrogen-bond acceptors (Lipinski definition) is 4. The predicted molar refractivity (Wildman–Crippen MR) is 90.9 cm³/mol. The zero-order chi connectivity index (χ0) is 16.9. The molecule has 122 valence electrons. The summed E-state index contributed by atoms with van der Waals surface area (Å²) in [5.74, 6) is 0.474. The van der Waals surface area contributed by atoms with Crippen molar-refractivity contribution in [2.75, 3.05) is 6.61 Å². The lowest BCUT2D eigenvalue weighted by atomic mass is 10.2. The average molecular weight is 323 g/mol. The van der Waals surface area contributed by atoms with E-state index >= 15 is 0 Å². The highest BCUT2D eigenvalue weighted by Crippen LogP contribution is 2.36. The molecule has 0 saturated heterocycles. The van der Waals surface area contributed by atoms with E-state index in [0.717, 1.165) is 10.3 Å². The Kier molecular flexibility index (Phi) is 4.08. The number of aromatic nitrogens is 2. The summed E-state index contributed by atoms with van der Waals surface area (Å²) < 4.78 is 8.72. The summed E-state index contributed by atoms with van der Waals surface area (Å²) in [5.41, 5.74) is 0.791. The zero-order valence-corrected chi connectivity index (χ0v) is 15.5. The van der Waals surface area contributed by atoms with Crippen molar-refractivity contribution in [2.45, 2.75) is 45.3 Å². The molecule has 2 heterocycles. The molecule has 0 radical (unpaired) electrons. The van der Waals surface area contributed by atoms with Gasteiger partial charge in [-0.1, -0.05) is 20.8 Å². The second kappa shape index (κ2) is 5.31. The molecule has 0 saturated carbocycles. The van der Waals surface area contributed by atoms with Gasteiger partial charge in [-0.2, -0.15) is 0 Å². The normalized spacial score (nSPS) is 15.0. The average Bonchev–Trinajstić information content (AvgIpc) is 2.84. The molecule has 0 bridgehead atoms. The van der Waals surface area contributed by atoms with E-state index in [1.54, 1.807) is 7.05 Å². The molecular formula is C15H25N3O3Si. The van der Waals surface area contributed by atoms with Crippen molar-refractivity contribution in [2.24, 2.45) is 19.1 Å². The fourth-order valence-corrected chi connectivity index (χ4v) is 3.12. The third kappa shape index (κ3) is 2.75. The van der Waals surface area contributed by atoms with Gasteiger partial charge in [0.1, 0.15) is 5.82 Å². The van der Waals surface area contributed by atoms with Crippen LogP contribution < -0.4 is 11.2 Å². The molecule has 22 heavy (non-hydrogen) atoms. The topological polar surface area (TPSA) is 65.6 Å². The van der Waals surface area contributed by atoms with Crippen molar-refractivity contribution in [3.8, 4) is 0 Å². The molecule has 6 nitrogen and oxygen atoms in total. The maximum Gasteiger partial charge on any atom is 0.332 e. The molecule has 7 heteroatoms. The number of hydrogen-bond donors (Lipinski definition) is 0. The minimum Gasteiger partial charge on any atom is -0.411 e. The first kappa shape index (κ1) is 16.9. The fourth-order valence-electron chi connectivity index (χ4n) is 2.16. The van der Waals surface area contributed by atoms with Crippen LogP contribution in [-0.4, -0.2) is 29.8 Å². The van der Waals surface area contributed by atoms with Crippen LogP contribution >= 0.6 is 0 Å². The zero-order valence-electron chi connectivity index (χ0n) is 14.5. The van der Waals surface area contributed by atoms with Gasteiger partial charge in [-0.25, -0.2) is 9.79 Å². The van der Waals surface area contributed by atoms with Gasteiger partial charge in [-0.05, 0) is 18.1 Å². The number of fused-ring (bicyclic) bond motifs is 1. The van der Waals surface area contributed by atoms with Crippen molar-refractivity contribution < 1.29 is 4.43 Å². The number of aliphatic imine (C=N–C) groups is 1. The molecule has 0 atom stereocenters. The minimum absolute atomic E-state index is 0.127. The Morgan fingerprint density at radius 2 is 1.77 bits per heavy atom. The van der Waals surface area contributed by atoms with E-state index in [2.05, 4.69) is 38.9 Å². The molecule has 0 N–H and O–H groups in total. The molecule has 2 rings (SSSR count). The van der Waals surface area contributed by atoms with Gasteiger partial charge in [-0.15, -0.1) is 0 Å². The van der Waals surface area contributed by atoms with Gasteiger partial charge in [0.15, 0.2) is 8.32 Å². The first-order chi connectivity index (χ1) is 9.95. The molecule has 1 aliphatic heterocycles. The number of nitrogens with zero attached hydrogens (tertiary/aromatic N) is 3. The second-order valence-electron chi connectivity index (χ2n) is 7.41. The smallest absolute Gasteiger partial charge is 0.332 e. The highest BCUT2D eigenvalue weighted by molar-refractivity contribution is 6.74. The van der Waals surface area contributed by atoms with Crippen molar-refractivity contribution in [1.82, 2.24) is 9.13 Å². The van der Waals surface area contributed by atoms with Crippen LogP contribution in [0.2, 0.25) is 18.1 Å². The Hall–Kier alpha value is -1.47. The van der Waals surface area contributed by atoms with E-state index in [4.69, 9.17) is 4.43 Å². The summed E-state index contributed by atoms with van der Waals surface area (Å²) in [4.78, 5) is 28.6. The van der Waals surface area contributed by atoms with Crippen LogP contribution in [-0.2, 0) is 24.9 Å². The van der Waals surface area contributed by atoms with E-state index in [1.165, 1.54) is 11.6 Å². The summed E-state index contributed by atoms with van der Waals surface area (Å²) in [6, 6.07) is 0. The monoisotopic (exact) mass is 323 g/mol. The molecule has 0 unspecified atom stereocenters. The molecule has 0 aromatic carbocycles.